The number of pyridine rings is 1. The predicted molar refractivity (Wildman–Crippen MR) is 54.1 cm³/mol. The summed E-state index contributed by atoms with van der Waals surface area (Å²) in [6.45, 7) is 0. The molecular formula is C9H7BrN2O. The molecule has 0 fully saturated rings. The monoisotopic (exact) mass is 238 g/mol. The third-order valence-corrected chi connectivity index (χ3v) is 2.34. The van der Waals surface area contributed by atoms with E-state index in [-0.39, 0.29) is 0 Å². The molecule has 4 heteroatoms. The van der Waals surface area contributed by atoms with E-state index in [1.54, 1.807) is 24.7 Å². The number of hydrogen-bond acceptors (Lipinski definition) is 3. The zero-order valence-electron chi connectivity index (χ0n) is 6.70. The van der Waals surface area contributed by atoms with Crippen LogP contribution in [-0.4, -0.2) is 4.98 Å². The third kappa shape index (κ3) is 1.45. The van der Waals surface area contributed by atoms with Gasteiger partial charge in [-0.1, -0.05) is 0 Å². The van der Waals surface area contributed by atoms with E-state index in [1.165, 1.54) is 0 Å². The first-order chi connectivity index (χ1) is 6.29. The molecule has 0 aliphatic rings. The molecule has 2 rings (SSSR count). The zero-order chi connectivity index (χ0) is 9.26. The van der Waals surface area contributed by atoms with Gasteiger partial charge in [0.25, 0.3) is 0 Å². The number of furan rings is 1. The smallest absolute Gasteiger partial charge is 0.151 e. The lowest BCUT2D eigenvalue weighted by molar-refractivity contribution is 0.581. The number of anilines is 1. The first-order valence-electron chi connectivity index (χ1n) is 3.72. The Morgan fingerprint density at radius 3 is 2.85 bits per heavy atom. The highest BCUT2D eigenvalue weighted by Gasteiger charge is 2.09. The summed E-state index contributed by atoms with van der Waals surface area (Å²) < 4.78 is 6.15. The van der Waals surface area contributed by atoms with E-state index in [1.807, 2.05) is 6.07 Å². The van der Waals surface area contributed by atoms with Crippen LogP contribution in [0.4, 0.5) is 5.69 Å². The molecule has 0 bridgehead atoms. The Kier molecular flexibility index (Phi) is 2.06. The average molecular weight is 239 g/mol. The van der Waals surface area contributed by atoms with Gasteiger partial charge in [-0.25, -0.2) is 0 Å². The van der Waals surface area contributed by atoms with Gasteiger partial charge in [-0.15, -0.1) is 0 Å². The molecule has 2 aromatic heterocycles. The van der Waals surface area contributed by atoms with Crippen LogP contribution in [0, 0.1) is 0 Å². The van der Waals surface area contributed by atoms with Gasteiger partial charge in [0, 0.05) is 18.1 Å². The molecular weight excluding hydrogens is 232 g/mol. The molecule has 0 radical (unpaired) electrons. The maximum Gasteiger partial charge on any atom is 0.151 e. The van der Waals surface area contributed by atoms with E-state index in [9.17, 15) is 0 Å². The summed E-state index contributed by atoms with van der Waals surface area (Å²) in [6, 6.07) is 3.56. The van der Waals surface area contributed by atoms with Crippen molar-refractivity contribution in [3.63, 3.8) is 0 Å². The van der Waals surface area contributed by atoms with Gasteiger partial charge in [0.15, 0.2) is 5.76 Å². The van der Waals surface area contributed by atoms with Crippen LogP contribution in [0.5, 0.6) is 0 Å². The van der Waals surface area contributed by atoms with Crippen molar-refractivity contribution < 1.29 is 4.42 Å². The van der Waals surface area contributed by atoms with Crippen molar-refractivity contribution in [3.05, 3.63) is 35.3 Å². The van der Waals surface area contributed by atoms with Crippen LogP contribution in [0.1, 0.15) is 0 Å². The Labute approximate surface area is 83.7 Å². The zero-order valence-corrected chi connectivity index (χ0v) is 8.28. The molecule has 66 valence electrons. The second-order valence-corrected chi connectivity index (χ2v) is 3.41. The molecule has 2 heterocycles. The Morgan fingerprint density at radius 1 is 1.38 bits per heavy atom. The quantitative estimate of drug-likeness (QED) is 0.832. The summed E-state index contributed by atoms with van der Waals surface area (Å²) in [5.41, 5.74) is 7.22. The fourth-order valence-electron chi connectivity index (χ4n) is 1.08. The van der Waals surface area contributed by atoms with Crippen molar-refractivity contribution in [2.75, 3.05) is 5.73 Å². The van der Waals surface area contributed by atoms with Gasteiger partial charge in [0.1, 0.15) is 0 Å². The topological polar surface area (TPSA) is 52.0 Å². The highest BCUT2D eigenvalue weighted by Crippen LogP contribution is 2.31. The van der Waals surface area contributed by atoms with Crippen LogP contribution in [0.25, 0.3) is 11.3 Å². The summed E-state index contributed by atoms with van der Waals surface area (Å²) in [7, 11) is 0. The molecule has 0 aliphatic carbocycles. The SMILES string of the molecule is Nc1ccncc1-c1occc1Br. The molecule has 0 aliphatic heterocycles. The molecule has 13 heavy (non-hydrogen) atoms. The normalized spacial score (nSPS) is 10.2. The van der Waals surface area contributed by atoms with Crippen LogP contribution in [-0.2, 0) is 0 Å². The molecule has 3 nitrogen and oxygen atoms in total. The van der Waals surface area contributed by atoms with Crippen molar-refractivity contribution >= 4 is 21.6 Å². The first kappa shape index (κ1) is 8.31. The van der Waals surface area contributed by atoms with Gasteiger partial charge in [0.05, 0.1) is 16.3 Å². The fourth-order valence-corrected chi connectivity index (χ4v) is 1.50. The maximum atomic E-state index is 5.76. The van der Waals surface area contributed by atoms with Crippen LogP contribution in [0.2, 0.25) is 0 Å². The summed E-state index contributed by atoms with van der Waals surface area (Å²) in [5, 5.41) is 0. The summed E-state index contributed by atoms with van der Waals surface area (Å²) in [4.78, 5) is 3.98. The standard InChI is InChI=1S/C9H7BrN2O/c10-7-2-4-13-9(7)6-5-12-3-1-8(6)11/h1-5H,(H2,11,12). The Balaban J connectivity index is 2.59. The molecule has 2 N–H and O–H groups in total. The predicted octanol–water partition coefficient (Wildman–Crippen LogP) is 2.69. The number of rotatable bonds is 1. The number of aromatic nitrogens is 1. The summed E-state index contributed by atoms with van der Waals surface area (Å²) in [6.07, 6.45) is 4.93. The molecule has 2 aromatic rings. The number of nitrogens with zero attached hydrogens (tertiary/aromatic N) is 1. The highest BCUT2D eigenvalue weighted by atomic mass is 79.9. The van der Waals surface area contributed by atoms with E-state index in [4.69, 9.17) is 10.2 Å². The Hall–Kier alpha value is -1.29. The van der Waals surface area contributed by atoms with Crippen LogP contribution in [0.3, 0.4) is 0 Å². The van der Waals surface area contributed by atoms with Gasteiger partial charge in [-0.3, -0.25) is 4.98 Å². The van der Waals surface area contributed by atoms with Gasteiger partial charge in [0.2, 0.25) is 0 Å². The van der Waals surface area contributed by atoms with E-state index in [0.29, 0.717) is 11.4 Å². The largest absolute Gasteiger partial charge is 0.463 e. The van der Waals surface area contributed by atoms with Crippen molar-refractivity contribution in [1.82, 2.24) is 4.98 Å². The highest BCUT2D eigenvalue weighted by molar-refractivity contribution is 9.10. The minimum atomic E-state index is 0.658. The van der Waals surface area contributed by atoms with Crippen LogP contribution in [0.15, 0.2) is 39.7 Å². The van der Waals surface area contributed by atoms with Gasteiger partial charge in [-0.2, -0.15) is 0 Å². The minimum absolute atomic E-state index is 0.658. The molecule has 0 unspecified atom stereocenters. The molecule has 0 atom stereocenters. The maximum absolute atomic E-state index is 5.76. The lowest BCUT2D eigenvalue weighted by Crippen LogP contribution is -1.89. The second-order valence-electron chi connectivity index (χ2n) is 2.56. The Bertz CT molecular complexity index is 425. The molecule has 0 saturated heterocycles. The van der Waals surface area contributed by atoms with Gasteiger partial charge < -0.3 is 10.2 Å². The van der Waals surface area contributed by atoms with E-state index in [0.717, 1.165) is 10.0 Å². The number of halogens is 1. The summed E-state index contributed by atoms with van der Waals surface area (Å²) in [5.74, 6) is 0.714. The van der Waals surface area contributed by atoms with Crippen molar-refractivity contribution in [3.8, 4) is 11.3 Å². The van der Waals surface area contributed by atoms with E-state index in [2.05, 4.69) is 20.9 Å². The minimum Gasteiger partial charge on any atom is -0.463 e. The van der Waals surface area contributed by atoms with Crippen molar-refractivity contribution in [2.45, 2.75) is 0 Å². The summed E-state index contributed by atoms with van der Waals surface area (Å²) >= 11 is 3.36. The lowest BCUT2D eigenvalue weighted by atomic mass is 10.2. The number of nitrogens with two attached hydrogens (primary N) is 1. The average Bonchev–Trinajstić information content (AvgIpc) is 2.52. The van der Waals surface area contributed by atoms with E-state index >= 15 is 0 Å². The molecule has 0 aromatic carbocycles. The molecule has 0 amide bonds. The number of nitrogen functional groups attached to an aromatic ring is 1. The van der Waals surface area contributed by atoms with Crippen molar-refractivity contribution in [2.24, 2.45) is 0 Å². The van der Waals surface area contributed by atoms with Gasteiger partial charge >= 0.3 is 0 Å². The molecule has 0 spiro atoms. The first-order valence-corrected chi connectivity index (χ1v) is 4.51. The van der Waals surface area contributed by atoms with Crippen LogP contribution < -0.4 is 5.73 Å². The number of hydrogen-bond donors (Lipinski definition) is 1. The van der Waals surface area contributed by atoms with Crippen molar-refractivity contribution in [1.29, 1.82) is 0 Å². The third-order valence-electron chi connectivity index (χ3n) is 1.72. The second kappa shape index (κ2) is 3.22. The van der Waals surface area contributed by atoms with Crippen LogP contribution >= 0.6 is 15.9 Å². The Morgan fingerprint density at radius 2 is 2.23 bits per heavy atom. The van der Waals surface area contributed by atoms with E-state index < -0.39 is 0 Å². The fraction of sp³-hybridized carbons (Fsp3) is 0. The lowest BCUT2D eigenvalue weighted by Gasteiger charge is -2.00. The molecule has 0 saturated carbocycles. The van der Waals surface area contributed by atoms with Gasteiger partial charge in [-0.05, 0) is 28.1 Å².